The van der Waals surface area contributed by atoms with Gasteiger partial charge in [0.1, 0.15) is 0 Å². The predicted octanol–water partition coefficient (Wildman–Crippen LogP) is 1.90. The summed E-state index contributed by atoms with van der Waals surface area (Å²) in [5.74, 6) is 0. The second kappa shape index (κ2) is 3.48. The summed E-state index contributed by atoms with van der Waals surface area (Å²) in [4.78, 5) is 0. The van der Waals surface area contributed by atoms with Crippen molar-refractivity contribution in [2.45, 2.75) is 34.0 Å². The van der Waals surface area contributed by atoms with E-state index in [0.717, 1.165) is 22.3 Å². The fourth-order valence-corrected chi connectivity index (χ4v) is 1.63. The zero-order valence-electron chi connectivity index (χ0n) is 8.55. The molecule has 0 aromatic heterocycles. The largest absolute Gasteiger partial charge is 0.364 e. The molecule has 0 aliphatic carbocycles. The molecule has 0 atom stereocenters. The number of aryl methyl sites for hydroxylation is 2. The third-order valence-electron chi connectivity index (χ3n) is 2.68. The Balaban J connectivity index is 3.46. The zero-order chi connectivity index (χ0) is 10.2. The van der Waals surface area contributed by atoms with Gasteiger partial charge in [-0.15, -0.1) is 0 Å². The first-order valence-electron chi connectivity index (χ1n) is 4.38. The molecule has 0 bridgehead atoms. The second-order valence-electron chi connectivity index (χ2n) is 3.55. The van der Waals surface area contributed by atoms with E-state index in [4.69, 9.17) is 0 Å². The molecule has 0 unspecified atom stereocenters. The molecule has 0 fully saturated rings. The minimum atomic E-state index is -1.36. The minimum Gasteiger partial charge on any atom is -0.364 e. The third kappa shape index (κ3) is 1.74. The number of aliphatic hydroxyl groups is 2. The van der Waals surface area contributed by atoms with E-state index in [-0.39, 0.29) is 0 Å². The van der Waals surface area contributed by atoms with Crippen LogP contribution in [-0.4, -0.2) is 10.2 Å². The van der Waals surface area contributed by atoms with Gasteiger partial charge in [0.15, 0.2) is 6.29 Å². The second-order valence-corrected chi connectivity index (χ2v) is 3.55. The van der Waals surface area contributed by atoms with Crippen molar-refractivity contribution in [3.8, 4) is 0 Å². The lowest BCUT2D eigenvalue weighted by atomic mass is 9.94. The van der Waals surface area contributed by atoms with Gasteiger partial charge in [0, 0.05) is 5.56 Å². The molecule has 0 saturated heterocycles. The Kier molecular flexibility index (Phi) is 2.74. The zero-order valence-corrected chi connectivity index (χ0v) is 8.55. The van der Waals surface area contributed by atoms with Crippen LogP contribution in [0.3, 0.4) is 0 Å². The molecular weight excluding hydrogens is 164 g/mol. The van der Waals surface area contributed by atoms with Crippen LogP contribution in [0.25, 0.3) is 0 Å². The average molecular weight is 180 g/mol. The van der Waals surface area contributed by atoms with Gasteiger partial charge in [0.25, 0.3) is 0 Å². The first-order chi connectivity index (χ1) is 5.95. The van der Waals surface area contributed by atoms with Crippen molar-refractivity contribution in [2.24, 2.45) is 0 Å². The molecule has 72 valence electrons. The molecule has 1 aromatic carbocycles. The molecule has 2 heteroatoms. The number of aliphatic hydroxyl groups excluding tert-OH is 1. The van der Waals surface area contributed by atoms with E-state index in [1.165, 1.54) is 0 Å². The predicted molar refractivity (Wildman–Crippen MR) is 52.6 cm³/mol. The van der Waals surface area contributed by atoms with Crippen LogP contribution >= 0.6 is 0 Å². The molecule has 13 heavy (non-hydrogen) atoms. The Morgan fingerprint density at radius 1 is 0.923 bits per heavy atom. The van der Waals surface area contributed by atoms with Crippen LogP contribution in [0, 0.1) is 27.7 Å². The van der Waals surface area contributed by atoms with Crippen LogP contribution in [0.5, 0.6) is 0 Å². The van der Waals surface area contributed by atoms with Gasteiger partial charge < -0.3 is 10.2 Å². The molecule has 1 aromatic rings. The normalized spacial score (nSPS) is 11.0. The van der Waals surface area contributed by atoms with Gasteiger partial charge in [0.2, 0.25) is 0 Å². The molecule has 0 saturated carbocycles. The summed E-state index contributed by atoms with van der Waals surface area (Å²) < 4.78 is 0. The summed E-state index contributed by atoms with van der Waals surface area (Å²) in [5, 5.41) is 18.4. The van der Waals surface area contributed by atoms with E-state index >= 15 is 0 Å². The van der Waals surface area contributed by atoms with E-state index in [0.29, 0.717) is 5.56 Å². The van der Waals surface area contributed by atoms with Gasteiger partial charge in [-0.2, -0.15) is 0 Å². The third-order valence-corrected chi connectivity index (χ3v) is 2.68. The maximum Gasteiger partial charge on any atom is 0.178 e. The van der Waals surface area contributed by atoms with Gasteiger partial charge in [-0.3, -0.25) is 0 Å². The molecule has 0 aliphatic heterocycles. The Labute approximate surface area is 78.8 Å². The smallest absolute Gasteiger partial charge is 0.178 e. The quantitative estimate of drug-likeness (QED) is 0.648. The Morgan fingerprint density at radius 2 is 1.31 bits per heavy atom. The number of hydrogen-bond acceptors (Lipinski definition) is 2. The van der Waals surface area contributed by atoms with Crippen molar-refractivity contribution in [2.75, 3.05) is 0 Å². The maximum atomic E-state index is 9.19. The van der Waals surface area contributed by atoms with Crippen molar-refractivity contribution < 1.29 is 10.2 Å². The van der Waals surface area contributed by atoms with E-state index < -0.39 is 6.29 Å². The standard InChI is InChI=1S/C11H16O2/c1-6-5-7(2)9(4)10(8(6)3)11(12)13/h5,11-13H,1-4H3. The summed E-state index contributed by atoms with van der Waals surface area (Å²) in [7, 11) is 0. The average Bonchev–Trinajstić information content (AvgIpc) is 2.01. The minimum absolute atomic E-state index is 0.650. The van der Waals surface area contributed by atoms with Gasteiger partial charge >= 0.3 is 0 Å². The van der Waals surface area contributed by atoms with Gasteiger partial charge in [-0.1, -0.05) is 6.07 Å². The van der Waals surface area contributed by atoms with Crippen molar-refractivity contribution >= 4 is 0 Å². The van der Waals surface area contributed by atoms with Crippen molar-refractivity contribution in [1.29, 1.82) is 0 Å². The van der Waals surface area contributed by atoms with Gasteiger partial charge in [-0.05, 0) is 49.9 Å². The Bertz CT molecular complexity index is 301. The lowest BCUT2D eigenvalue weighted by Crippen LogP contribution is -2.04. The molecule has 1 rings (SSSR count). The molecule has 0 aliphatic rings. The summed E-state index contributed by atoms with van der Waals surface area (Å²) in [6, 6.07) is 2.07. The number of hydrogen-bond donors (Lipinski definition) is 2. The fourth-order valence-electron chi connectivity index (χ4n) is 1.63. The highest BCUT2D eigenvalue weighted by molar-refractivity contribution is 5.44. The topological polar surface area (TPSA) is 40.5 Å². The van der Waals surface area contributed by atoms with Crippen LogP contribution in [0.2, 0.25) is 0 Å². The number of benzene rings is 1. The number of rotatable bonds is 1. The van der Waals surface area contributed by atoms with Crippen molar-refractivity contribution in [3.63, 3.8) is 0 Å². The first kappa shape index (κ1) is 10.2. The SMILES string of the molecule is Cc1cc(C)c(C)c(C(O)O)c1C. The van der Waals surface area contributed by atoms with E-state index in [1.807, 2.05) is 27.7 Å². The highest BCUT2D eigenvalue weighted by Gasteiger charge is 2.13. The van der Waals surface area contributed by atoms with Crippen molar-refractivity contribution in [1.82, 2.24) is 0 Å². The summed E-state index contributed by atoms with van der Waals surface area (Å²) in [6.07, 6.45) is -1.36. The van der Waals surface area contributed by atoms with E-state index in [2.05, 4.69) is 6.07 Å². The van der Waals surface area contributed by atoms with E-state index in [1.54, 1.807) is 0 Å². The first-order valence-corrected chi connectivity index (χ1v) is 4.38. The van der Waals surface area contributed by atoms with E-state index in [9.17, 15) is 10.2 Å². The highest BCUT2D eigenvalue weighted by Crippen LogP contribution is 2.25. The maximum absolute atomic E-state index is 9.19. The van der Waals surface area contributed by atoms with Crippen LogP contribution in [-0.2, 0) is 0 Å². The molecule has 0 heterocycles. The van der Waals surface area contributed by atoms with Crippen LogP contribution in [0.4, 0.5) is 0 Å². The Hall–Kier alpha value is -0.860. The summed E-state index contributed by atoms with van der Waals surface area (Å²) in [6.45, 7) is 7.79. The monoisotopic (exact) mass is 180 g/mol. The molecule has 0 radical (unpaired) electrons. The molecule has 2 N–H and O–H groups in total. The van der Waals surface area contributed by atoms with Crippen molar-refractivity contribution in [3.05, 3.63) is 33.9 Å². The molecule has 2 nitrogen and oxygen atoms in total. The van der Waals surface area contributed by atoms with Crippen LogP contribution in [0.15, 0.2) is 6.07 Å². The summed E-state index contributed by atoms with van der Waals surface area (Å²) >= 11 is 0. The van der Waals surface area contributed by atoms with Crippen LogP contribution < -0.4 is 0 Å². The van der Waals surface area contributed by atoms with Gasteiger partial charge in [-0.25, -0.2) is 0 Å². The molecular formula is C11H16O2. The Morgan fingerprint density at radius 3 is 1.62 bits per heavy atom. The summed E-state index contributed by atoms with van der Waals surface area (Å²) in [5.41, 5.74) is 4.80. The lowest BCUT2D eigenvalue weighted by Gasteiger charge is -2.16. The molecule has 0 spiro atoms. The highest BCUT2D eigenvalue weighted by atomic mass is 16.5. The van der Waals surface area contributed by atoms with Gasteiger partial charge in [0.05, 0.1) is 0 Å². The lowest BCUT2D eigenvalue weighted by molar-refractivity contribution is -0.0434. The fraction of sp³-hybridized carbons (Fsp3) is 0.455. The van der Waals surface area contributed by atoms with Crippen LogP contribution in [0.1, 0.15) is 34.1 Å². The molecule has 0 amide bonds.